The van der Waals surface area contributed by atoms with Crippen LogP contribution in [0.2, 0.25) is 0 Å². The van der Waals surface area contributed by atoms with E-state index < -0.39 is 6.10 Å². The largest absolute Gasteiger partial charge is 0.388 e. The Kier molecular flexibility index (Phi) is 3.77. The topological polar surface area (TPSA) is 50.9 Å². The standard InChI is InChI=1S/C14H19N3O/c1-10(2)11-4-6-12(7-5-11)14(18)8-13-9-17(3)16-15-13/h4-7,9-10,14,18H,8H2,1-3H3. The predicted molar refractivity (Wildman–Crippen MR) is 70.2 cm³/mol. The zero-order valence-corrected chi connectivity index (χ0v) is 11.0. The average molecular weight is 245 g/mol. The molecule has 0 saturated carbocycles. The summed E-state index contributed by atoms with van der Waals surface area (Å²) in [6, 6.07) is 8.10. The van der Waals surface area contributed by atoms with Crippen molar-refractivity contribution in [2.24, 2.45) is 7.05 Å². The lowest BCUT2D eigenvalue weighted by atomic mass is 9.98. The fraction of sp³-hybridized carbons (Fsp3) is 0.429. The first-order valence-electron chi connectivity index (χ1n) is 6.19. The summed E-state index contributed by atoms with van der Waals surface area (Å²) in [7, 11) is 1.82. The van der Waals surface area contributed by atoms with Gasteiger partial charge in [-0.15, -0.1) is 5.10 Å². The molecule has 0 aliphatic carbocycles. The van der Waals surface area contributed by atoms with E-state index in [4.69, 9.17) is 0 Å². The highest BCUT2D eigenvalue weighted by Gasteiger charge is 2.11. The zero-order chi connectivity index (χ0) is 13.1. The number of aliphatic hydroxyl groups is 1. The molecule has 1 aromatic carbocycles. The van der Waals surface area contributed by atoms with Gasteiger partial charge in [0.2, 0.25) is 0 Å². The summed E-state index contributed by atoms with van der Waals surface area (Å²) in [5.74, 6) is 0.510. The molecule has 0 aliphatic rings. The molecule has 1 unspecified atom stereocenters. The summed E-state index contributed by atoms with van der Waals surface area (Å²) in [6.07, 6.45) is 1.79. The van der Waals surface area contributed by atoms with Crippen molar-refractivity contribution in [2.45, 2.75) is 32.3 Å². The van der Waals surface area contributed by atoms with E-state index in [1.54, 1.807) is 4.68 Å². The minimum Gasteiger partial charge on any atom is -0.388 e. The molecule has 0 spiro atoms. The van der Waals surface area contributed by atoms with Crippen LogP contribution in [-0.2, 0) is 13.5 Å². The molecule has 18 heavy (non-hydrogen) atoms. The molecule has 1 atom stereocenters. The summed E-state index contributed by atoms with van der Waals surface area (Å²) < 4.78 is 1.64. The first kappa shape index (κ1) is 12.8. The van der Waals surface area contributed by atoms with E-state index in [1.807, 2.05) is 25.4 Å². The van der Waals surface area contributed by atoms with Gasteiger partial charge in [0.15, 0.2) is 0 Å². The average Bonchev–Trinajstić information content (AvgIpc) is 2.75. The van der Waals surface area contributed by atoms with Gasteiger partial charge in [0.05, 0.1) is 11.8 Å². The fourth-order valence-electron chi connectivity index (χ4n) is 1.91. The predicted octanol–water partition coefficient (Wildman–Crippen LogP) is 2.21. The third kappa shape index (κ3) is 2.96. The van der Waals surface area contributed by atoms with Crippen molar-refractivity contribution in [3.63, 3.8) is 0 Å². The van der Waals surface area contributed by atoms with E-state index in [0.717, 1.165) is 11.3 Å². The van der Waals surface area contributed by atoms with Crippen molar-refractivity contribution >= 4 is 0 Å². The zero-order valence-electron chi connectivity index (χ0n) is 11.0. The number of nitrogens with zero attached hydrogens (tertiary/aromatic N) is 3. The first-order chi connectivity index (χ1) is 8.56. The highest BCUT2D eigenvalue weighted by Crippen LogP contribution is 2.20. The Bertz CT molecular complexity index is 502. The number of hydrogen-bond acceptors (Lipinski definition) is 3. The number of aliphatic hydroxyl groups excluding tert-OH is 1. The lowest BCUT2D eigenvalue weighted by Crippen LogP contribution is -2.02. The normalized spacial score (nSPS) is 12.9. The molecule has 1 aromatic heterocycles. The van der Waals surface area contributed by atoms with Gasteiger partial charge in [0, 0.05) is 19.7 Å². The fourth-order valence-corrected chi connectivity index (χ4v) is 1.91. The van der Waals surface area contributed by atoms with Crippen LogP contribution in [-0.4, -0.2) is 20.1 Å². The number of hydrogen-bond donors (Lipinski definition) is 1. The molecule has 0 radical (unpaired) electrons. The van der Waals surface area contributed by atoms with E-state index in [9.17, 15) is 5.11 Å². The Labute approximate surface area is 107 Å². The third-order valence-corrected chi connectivity index (χ3v) is 3.04. The number of aromatic nitrogens is 3. The second-order valence-corrected chi connectivity index (χ2v) is 4.92. The van der Waals surface area contributed by atoms with Gasteiger partial charge in [-0.25, -0.2) is 0 Å². The Morgan fingerprint density at radius 2 is 1.78 bits per heavy atom. The molecule has 4 nitrogen and oxygen atoms in total. The molecule has 0 saturated heterocycles. The van der Waals surface area contributed by atoms with Crippen molar-refractivity contribution in [3.05, 3.63) is 47.3 Å². The van der Waals surface area contributed by atoms with Crippen LogP contribution in [0.15, 0.2) is 30.5 Å². The molecule has 1 heterocycles. The molecule has 0 aliphatic heterocycles. The highest BCUT2D eigenvalue weighted by atomic mass is 16.3. The monoisotopic (exact) mass is 245 g/mol. The number of aryl methyl sites for hydroxylation is 1. The lowest BCUT2D eigenvalue weighted by molar-refractivity contribution is 0.177. The molecule has 2 aromatic rings. The van der Waals surface area contributed by atoms with Crippen molar-refractivity contribution in [1.29, 1.82) is 0 Å². The minimum absolute atomic E-state index is 0.495. The lowest BCUT2D eigenvalue weighted by Gasteiger charge is -2.11. The Balaban J connectivity index is 2.06. The van der Waals surface area contributed by atoms with Crippen molar-refractivity contribution in [1.82, 2.24) is 15.0 Å². The van der Waals surface area contributed by atoms with E-state index in [0.29, 0.717) is 12.3 Å². The summed E-state index contributed by atoms with van der Waals surface area (Å²) in [5.41, 5.74) is 3.01. The molecule has 0 amide bonds. The Morgan fingerprint density at radius 1 is 1.17 bits per heavy atom. The van der Waals surface area contributed by atoms with Crippen LogP contribution in [0.3, 0.4) is 0 Å². The second kappa shape index (κ2) is 5.31. The van der Waals surface area contributed by atoms with Gasteiger partial charge >= 0.3 is 0 Å². The molecule has 1 N–H and O–H groups in total. The minimum atomic E-state index is -0.525. The molecule has 96 valence electrons. The Hall–Kier alpha value is -1.68. The maximum atomic E-state index is 10.1. The third-order valence-electron chi connectivity index (χ3n) is 3.04. The van der Waals surface area contributed by atoms with E-state index in [1.165, 1.54) is 5.56 Å². The maximum absolute atomic E-state index is 10.1. The van der Waals surface area contributed by atoms with Gasteiger partial charge in [0.1, 0.15) is 0 Å². The first-order valence-corrected chi connectivity index (χ1v) is 6.19. The van der Waals surface area contributed by atoms with Crippen LogP contribution in [0.1, 0.15) is 42.7 Å². The number of rotatable bonds is 4. The molecular formula is C14H19N3O. The van der Waals surface area contributed by atoms with Gasteiger partial charge in [-0.1, -0.05) is 43.3 Å². The molecular weight excluding hydrogens is 226 g/mol. The van der Waals surface area contributed by atoms with Gasteiger partial charge in [-0.2, -0.15) is 0 Å². The van der Waals surface area contributed by atoms with Gasteiger partial charge in [0.25, 0.3) is 0 Å². The highest BCUT2D eigenvalue weighted by molar-refractivity contribution is 5.26. The van der Waals surface area contributed by atoms with Crippen LogP contribution in [0, 0.1) is 0 Å². The molecule has 0 fully saturated rings. The van der Waals surface area contributed by atoms with Crippen LogP contribution < -0.4 is 0 Å². The van der Waals surface area contributed by atoms with Crippen molar-refractivity contribution in [3.8, 4) is 0 Å². The van der Waals surface area contributed by atoms with Crippen LogP contribution in [0.5, 0.6) is 0 Å². The van der Waals surface area contributed by atoms with Crippen LogP contribution in [0.4, 0.5) is 0 Å². The van der Waals surface area contributed by atoms with Gasteiger partial charge in [-0.05, 0) is 17.0 Å². The SMILES string of the molecule is CC(C)c1ccc(C(O)Cc2cn(C)nn2)cc1. The van der Waals surface area contributed by atoms with Crippen molar-refractivity contribution < 1.29 is 5.11 Å². The molecule has 0 bridgehead atoms. The summed E-state index contributed by atoms with van der Waals surface area (Å²) >= 11 is 0. The van der Waals surface area contributed by atoms with E-state index >= 15 is 0 Å². The van der Waals surface area contributed by atoms with Crippen LogP contribution in [0.25, 0.3) is 0 Å². The quantitative estimate of drug-likeness (QED) is 0.898. The van der Waals surface area contributed by atoms with Crippen molar-refractivity contribution in [2.75, 3.05) is 0 Å². The summed E-state index contributed by atoms with van der Waals surface area (Å²) in [4.78, 5) is 0. The van der Waals surface area contributed by atoms with E-state index in [-0.39, 0.29) is 0 Å². The molecule has 2 rings (SSSR count). The second-order valence-electron chi connectivity index (χ2n) is 4.92. The number of benzene rings is 1. The van der Waals surface area contributed by atoms with Gasteiger partial charge < -0.3 is 5.11 Å². The Morgan fingerprint density at radius 3 is 2.28 bits per heavy atom. The molecule has 4 heteroatoms. The van der Waals surface area contributed by atoms with Crippen LogP contribution >= 0.6 is 0 Å². The summed E-state index contributed by atoms with van der Waals surface area (Å²) in [6.45, 7) is 4.32. The van der Waals surface area contributed by atoms with E-state index in [2.05, 4.69) is 36.3 Å². The summed E-state index contributed by atoms with van der Waals surface area (Å²) in [5, 5.41) is 18.0. The maximum Gasteiger partial charge on any atom is 0.0856 e. The smallest absolute Gasteiger partial charge is 0.0856 e. The van der Waals surface area contributed by atoms with Gasteiger partial charge in [-0.3, -0.25) is 4.68 Å².